The Morgan fingerprint density at radius 2 is 2.16 bits per heavy atom. The summed E-state index contributed by atoms with van der Waals surface area (Å²) in [6, 6.07) is 5.11. The first kappa shape index (κ1) is 17.1. The quantitative estimate of drug-likeness (QED) is 0.726. The van der Waals surface area contributed by atoms with Crippen molar-refractivity contribution >= 4 is 34.5 Å². The number of hydrogen-bond acceptors (Lipinski definition) is 6. The number of ether oxygens (including phenoxy) is 2. The molecule has 130 valence electrons. The molecule has 25 heavy (non-hydrogen) atoms. The topological polar surface area (TPSA) is 91.2 Å². The van der Waals surface area contributed by atoms with Crippen LogP contribution in [-0.2, 0) is 16.6 Å². The van der Waals surface area contributed by atoms with Gasteiger partial charge < -0.3 is 19.4 Å². The van der Waals surface area contributed by atoms with Gasteiger partial charge in [0.1, 0.15) is 17.3 Å². The highest BCUT2D eigenvalue weighted by molar-refractivity contribution is 6.29. The van der Waals surface area contributed by atoms with Gasteiger partial charge in [-0.15, -0.1) is 0 Å². The lowest BCUT2D eigenvalue weighted by Gasteiger charge is -2.08. The molecule has 0 unspecified atom stereocenters. The summed E-state index contributed by atoms with van der Waals surface area (Å²) >= 11 is 5.98. The van der Waals surface area contributed by atoms with Crippen LogP contribution in [0.4, 0.5) is 5.82 Å². The van der Waals surface area contributed by atoms with E-state index in [-0.39, 0.29) is 12.3 Å². The number of nitrogens with one attached hydrogen (secondary N) is 1. The van der Waals surface area contributed by atoms with Gasteiger partial charge in [-0.05, 0) is 17.7 Å². The van der Waals surface area contributed by atoms with Crippen molar-refractivity contribution in [2.24, 2.45) is 7.05 Å². The highest BCUT2D eigenvalue weighted by Crippen LogP contribution is 2.26. The smallest absolute Gasteiger partial charge is 0.227 e. The van der Waals surface area contributed by atoms with Crippen molar-refractivity contribution in [2.75, 3.05) is 19.0 Å². The van der Waals surface area contributed by atoms with Crippen molar-refractivity contribution in [3.63, 3.8) is 0 Å². The van der Waals surface area contributed by atoms with E-state index in [1.54, 1.807) is 49.3 Å². The largest absolute Gasteiger partial charge is 0.455 e. The third-order valence-electron chi connectivity index (χ3n) is 3.43. The van der Waals surface area contributed by atoms with Crippen LogP contribution in [0.1, 0.15) is 6.42 Å². The molecule has 0 fully saturated rings. The zero-order valence-corrected chi connectivity index (χ0v) is 14.4. The first-order chi connectivity index (χ1) is 12.1. The summed E-state index contributed by atoms with van der Waals surface area (Å²) in [5.41, 5.74) is 1.30. The van der Waals surface area contributed by atoms with Gasteiger partial charge in [0, 0.05) is 32.5 Å². The Hall–Kier alpha value is -2.71. The highest BCUT2D eigenvalue weighted by Gasteiger charge is 2.09. The van der Waals surface area contributed by atoms with Crippen LogP contribution in [0.15, 0.2) is 30.6 Å². The van der Waals surface area contributed by atoms with E-state index in [4.69, 9.17) is 21.1 Å². The van der Waals surface area contributed by atoms with Crippen LogP contribution in [0.5, 0.6) is 11.5 Å². The summed E-state index contributed by atoms with van der Waals surface area (Å²) in [5.74, 6) is 1.26. The van der Waals surface area contributed by atoms with Crippen LogP contribution in [0.25, 0.3) is 11.2 Å². The number of aromatic nitrogens is 4. The van der Waals surface area contributed by atoms with Crippen molar-refractivity contribution < 1.29 is 14.3 Å². The lowest BCUT2D eigenvalue weighted by atomic mass is 10.3. The average Bonchev–Trinajstić information content (AvgIpc) is 2.88. The average molecular weight is 362 g/mol. The predicted molar refractivity (Wildman–Crippen MR) is 93.0 cm³/mol. The molecule has 0 bridgehead atoms. The summed E-state index contributed by atoms with van der Waals surface area (Å²) in [6.07, 6.45) is 3.36. The molecule has 0 aliphatic rings. The molecule has 8 nitrogen and oxygen atoms in total. The van der Waals surface area contributed by atoms with Crippen LogP contribution in [0, 0.1) is 0 Å². The van der Waals surface area contributed by atoms with E-state index in [2.05, 4.69) is 20.3 Å². The second kappa shape index (κ2) is 7.45. The zero-order chi connectivity index (χ0) is 17.8. The van der Waals surface area contributed by atoms with Crippen LogP contribution in [0.2, 0.25) is 5.28 Å². The molecule has 0 saturated carbocycles. The number of hydrogen-bond donors (Lipinski definition) is 1. The summed E-state index contributed by atoms with van der Waals surface area (Å²) in [4.78, 5) is 24.2. The zero-order valence-electron chi connectivity index (χ0n) is 13.7. The minimum absolute atomic E-state index is 0.181. The number of pyridine rings is 2. The first-order valence-corrected chi connectivity index (χ1v) is 7.85. The summed E-state index contributed by atoms with van der Waals surface area (Å²) in [7, 11) is 3.34. The fourth-order valence-corrected chi connectivity index (χ4v) is 2.33. The molecule has 0 saturated heterocycles. The van der Waals surface area contributed by atoms with Gasteiger partial charge in [0.05, 0.1) is 24.7 Å². The Kier molecular flexibility index (Phi) is 5.11. The summed E-state index contributed by atoms with van der Waals surface area (Å²) in [5, 5.41) is 3.04. The number of methoxy groups -OCH3 is 1. The number of carbonyl (C=O) groups is 1. The molecule has 1 amide bonds. The number of amides is 1. The molecule has 0 spiro atoms. The summed E-state index contributed by atoms with van der Waals surface area (Å²) in [6.45, 7) is 0.348. The van der Waals surface area contributed by atoms with E-state index in [9.17, 15) is 4.79 Å². The molecule has 0 aliphatic heterocycles. The molecule has 0 aliphatic carbocycles. The summed E-state index contributed by atoms with van der Waals surface area (Å²) < 4.78 is 12.4. The number of aryl methyl sites for hydroxylation is 1. The molecule has 1 N–H and O–H groups in total. The molecule has 9 heteroatoms. The predicted octanol–water partition coefficient (Wildman–Crippen LogP) is 2.78. The SMILES string of the molecule is COCCC(=O)Nc1cc(Oc2cnc3nc(Cl)n(C)c3c2)ccn1. The van der Waals surface area contributed by atoms with Crippen molar-refractivity contribution in [2.45, 2.75) is 6.42 Å². The molecule has 0 atom stereocenters. The third-order valence-corrected chi connectivity index (χ3v) is 3.76. The van der Waals surface area contributed by atoms with Crippen molar-refractivity contribution in [1.29, 1.82) is 0 Å². The van der Waals surface area contributed by atoms with Crippen molar-refractivity contribution in [3.05, 3.63) is 35.9 Å². The molecule has 0 aromatic carbocycles. The van der Waals surface area contributed by atoms with Gasteiger partial charge in [0.25, 0.3) is 0 Å². The van der Waals surface area contributed by atoms with Gasteiger partial charge >= 0.3 is 0 Å². The number of rotatable bonds is 6. The number of imidazole rings is 1. The Morgan fingerprint density at radius 3 is 2.96 bits per heavy atom. The fourth-order valence-electron chi connectivity index (χ4n) is 2.16. The van der Waals surface area contributed by atoms with Gasteiger partial charge in [0.15, 0.2) is 5.65 Å². The van der Waals surface area contributed by atoms with E-state index in [1.165, 1.54) is 0 Å². The van der Waals surface area contributed by atoms with Crippen LogP contribution < -0.4 is 10.1 Å². The number of nitrogens with zero attached hydrogens (tertiary/aromatic N) is 4. The minimum Gasteiger partial charge on any atom is -0.455 e. The Balaban J connectivity index is 1.75. The third kappa shape index (κ3) is 4.04. The normalized spacial score (nSPS) is 10.8. The van der Waals surface area contributed by atoms with Gasteiger partial charge in [-0.25, -0.2) is 9.97 Å². The molecule has 3 aromatic heterocycles. The Bertz CT molecular complexity index is 912. The number of fused-ring (bicyclic) bond motifs is 1. The van der Waals surface area contributed by atoms with E-state index in [0.29, 0.717) is 34.9 Å². The molecular weight excluding hydrogens is 346 g/mol. The van der Waals surface area contributed by atoms with Crippen molar-refractivity contribution in [1.82, 2.24) is 19.5 Å². The second-order valence-corrected chi connectivity index (χ2v) is 5.56. The second-order valence-electron chi connectivity index (χ2n) is 5.22. The number of carbonyl (C=O) groups excluding carboxylic acids is 1. The molecule has 3 aromatic rings. The molecular formula is C16H16ClN5O3. The van der Waals surface area contributed by atoms with Crippen LogP contribution >= 0.6 is 11.6 Å². The molecule has 0 radical (unpaired) electrons. The number of anilines is 1. The monoisotopic (exact) mass is 361 g/mol. The maximum atomic E-state index is 11.7. The first-order valence-electron chi connectivity index (χ1n) is 7.47. The number of halogens is 1. The molecule has 3 rings (SSSR count). The van der Waals surface area contributed by atoms with Crippen LogP contribution in [0.3, 0.4) is 0 Å². The standard InChI is InChI=1S/C16H16ClN5O3/c1-22-12-7-11(9-19-15(12)21-16(22)17)25-10-3-5-18-13(8-10)20-14(23)4-6-24-2/h3,5,7-9H,4,6H2,1-2H3,(H,18,20,23). The van der Waals surface area contributed by atoms with Crippen molar-refractivity contribution in [3.8, 4) is 11.5 Å². The minimum atomic E-state index is -0.181. The van der Waals surface area contributed by atoms with Gasteiger partial charge in [-0.1, -0.05) is 0 Å². The maximum Gasteiger partial charge on any atom is 0.227 e. The Labute approximate surface area is 148 Å². The van der Waals surface area contributed by atoms with E-state index >= 15 is 0 Å². The van der Waals surface area contributed by atoms with Gasteiger partial charge in [0.2, 0.25) is 11.2 Å². The van der Waals surface area contributed by atoms with E-state index in [1.807, 2.05) is 0 Å². The Morgan fingerprint density at radius 1 is 1.32 bits per heavy atom. The van der Waals surface area contributed by atoms with Gasteiger partial charge in [-0.3, -0.25) is 4.79 Å². The maximum absolute atomic E-state index is 11.7. The highest BCUT2D eigenvalue weighted by atomic mass is 35.5. The van der Waals surface area contributed by atoms with Gasteiger partial charge in [-0.2, -0.15) is 4.98 Å². The lowest BCUT2D eigenvalue weighted by Crippen LogP contribution is -2.14. The lowest BCUT2D eigenvalue weighted by molar-refractivity contribution is -0.117. The van der Waals surface area contributed by atoms with E-state index in [0.717, 1.165) is 5.52 Å². The fraction of sp³-hybridized carbons (Fsp3) is 0.250. The van der Waals surface area contributed by atoms with Crippen LogP contribution in [-0.4, -0.2) is 39.1 Å². The molecule has 3 heterocycles. The van der Waals surface area contributed by atoms with E-state index < -0.39 is 0 Å².